The van der Waals surface area contributed by atoms with Crippen LogP contribution in [-0.4, -0.2) is 19.0 Å². The largest absolute Gasteiger partial charge is 0.352 e. The Morgan fingerprint density at radius 3 is 2.90 bits per heavy atom. The molecule has 0 N–H and O–H groups in total. The molecule has 0 aliphatic carbocycles. The number of hydrogen-bond acceptors (Lipinski definition) is 2. The Labute approximate surface area is 61.8 Å². The van der Waals surface area contributed by atoms with Crippen LogP contribution in [0.2, 0.25) is 0 Å². The molecule has 1 aliphatic rings. The zero-order valence-electron chi connectivity index (χ0n) is 6.43. The fourth-order valence-electron chi connectivity index (χ4n) is 1.20. The molecule has 0 aromatic heterocycles. The fourth-order valence-corrected chi connectivity index (χ4v) is 1.20. The number of hydrogen-bond donors (Lipinski definition) is 0. The molecule has 0 radical (unpaired) electrons. The normalized spacial score (nSPS) is 32.5. The van der Waals surface area contributed by atoms with Crippen molar-refractivity contribution in [1.82, 2.24) is 0 Å². The summed E-state index contributed by atoms with van der Waals surface area (Å²) in [7, 11) is 0. The molecular weight excluding hydrogens is 128 g/mol. The molecule has 1 rings (SSSR count). The molecule has 1 aliphatic heterocycles. The van der Waals surface area contributed by atoms with Gasteiger partial charge in [-0.25, -0.2) is 0 Å². The van der Waals surface area contributed by atoms with Crippen molar-refractivity contribution in [3.05, 3.63) is 12.7 Å². The highest BCUT2D eigenvalue weighted by molar-refractivity contribution is 4.98. The lowest BCUT2D eigenvalue weighted by Gasteiger charge is -2.20. The molecular formula is C8H14O2. The second-order valence-corrected chi connectivity index (χ2v) is 2.63. The van der Waals surface area contributed by atoms with Crippen LogP contribution < -0.4 is 0 Å². The molecule has 1 saturated heterocycles. The summed E-state index contributed by atoms with van der Waals surface area (Å²) in [4.78, 5) is 0. The van der Waals surface area contributed by atoms with Crippen LogP contribution in [0.1, 0.15) is 19.8 Å². The van der Waals surface area contributed by atoms with Crippen LogP contribution >= 0.6 is 0 Å². The van der Waals surface area contributed by atoms with Crippen molar-refractivity contribution >= 4 is 0 Å². The molecule has 2 nitrogen and oxygen atoms in total. The van der Waals surface area contributed by atoms with E-state index in [0.717, 1.165) is 12.8 Å². The van der Waals surface area contributed by atoms with E-state index in [2.05, 4.69) is 13.5 Å². The van der Waals surface area contributed by atoms with Crippen LogP contribution in [0.25, 0.3) is 0 Å². The van der Waals surface area contributed by atoms with Crippen molar-refractivity contribution in [2.75, 3.05) is 13.4 Å². The Bertz CT molecular complexity index is 114. The maximum atomic E-state index is 5.39. The van der Waals surface area contributed by atoms with Gasteiger partial charge in [0.25, 0.3) is 0 Å². The lowest BCUT2D eigenvalue weighted by molar-refractivity contribution is 0.0132. The Hall–Kier alpha value is -0.340. The minimum Gasteiger partial charge on any atom is -0.352 e. The van der Waals surface area contributed by atoms with Gasteiger partial charge in [-0.15, -0.1) is 6.58 Å². The van der Waals surface area contributed by atoms with E-state index in [-0.39, 0.29) is 5.60 Å². The summed E-state index contributed by atoms with van der Waals surface area (Å²) in [5, 5.41) is 0. The molecule has 0 spiro atoms. The molecule has 1 atom stereocenters. The van der Waals surface area contributed by atoms with Gasteiger partial charge in [0.15, 0.2) is 0 Å². The van der Waals surface area contributed by atoms with Gasteiger partial charge < -0.3 is 9.47 Å². The van der Waals surface area contributed by atoms with Gasteiger partial charge in [-0.1, -0.05) is 19.4 Å². The molecule has 0 bridgehead atoms. The van der Waals surface area contributed by atoms with Crippen molar-refractivity contribution in [2.24, 2.45) is 0 Å². The molecule has 0 aromatic rings. The van der Waals surface area contributed by atoms with Gasteiger partial charge >= 0.3 is 0 Å². The minimum atomic E-state index is -0.172. The molecule has 1 unspecified atom stereocenters. The Morgan fingerprint density at radius 1 is 1.70 bits per heavy atom. The molecule has 58 valence electrons. The quantitative estimate of drug-likeness (QED) is 0.558. The van der Waals surface area contributed by atoms with Crippen LogP contribution in [0.5, 0.6) is 0 Å². The third-order valence-corrected chi connectivity index (χ3v) is 1.82. The van der Waals surface area contributed by atoms with Crippen LogP contribution in [-0.2, 0) is 9.47 Å². The van der Waals surface area contributed by atoms with Crippen molar-refractivity contribution in [1.29, 1.82) is 0 Å². The highest BCUT2D eigenvalue weighted by Gasteiger charge is 2.31. The first-order chi connectivity index (χ1) is 4.83. The average molecular weight is 142 g/mol. The first kappa shape index (κ1) is 7.76. The van der Waals surface area contributed by atoms with Crippen LogP contribution in [0, 0.1) is 0 Å². The predicted molar refractivity (Wildman–Crippen MR) is 39.7 cm³/mol. The summed E-state index contributed by atoms with van der Waals surface area (Å²) in [6, 6.07) is 0. The first-order valence-corrected chi connectivity index (χ1v) is 3.68. The fraction of sp³-hybridized carbons (Fsp3) is 0.750. The van der Waals surface area contributed by atoms with Crippen molar-refractivity contribution < 1.29 is 9.47 Å². The maximum absolute atomic E-state index is 5.39. The molecule has 0 aromatic carbocycles. The third kappa shape index (κ3) is 1.39. The topological polar surface area (TPSA) is 18.5 Å². The highest BCUT2D eigenvalue weighted by Crippen LogP contribution is 2.24. The van der Waals surface area contributed by atoms with E-state index in [1.54, 1.807) is 0 Å². The first-order valence-electron chi connectivity index (χ1n) is 3.68. The standard InChI is InChI=1S/C8H14O2/c1-3-5-8(4-2)6-9-7-10-8/h4H,2-3,5-7H2,1H3. The minimum absolute atomic E-state index is 0.172. The molecule has 10 heavy (non-hydrogen) atoms. The van der Waals surface area contributed by atoms with E-state index in [0.29, 0.717) is 13.4 Å². The molecule has 0 saturated carbocycles. The summed E-state index contributed by atoms with van der Waals surface area (Å²) in [5.74, 6) is 0. The maximum Gasteiger partial charge on any atom is 0.148 e. The van der Waals surface area contributed by atoms with Gasteiger partial charge in [-0.3, -0.25) is 0 Å². The SMILES string of the molecule is C=CC1(CCC)COCO1. The zero-order valence-corrected chi connectivity index (χ0v) is 6.43. The molecule has 1 fully saturated rings. The van der Waals surface area contributed by atoms with E-state index in [1.807, 2.05) is 6.08 Å². The van der Waals surface area contributed by atoms with E-state index in [1.165, 1.54) is 0 Å². The lowest BCUT2D eigenvalue weighted by Crippen LogP contribution is -2.27. The third-order valence-electron chi connectivity index (χ3n) is 1.82. The van der Waals surface area contributed by atoms with Gasteiger partial charge in [0, 0.05) is 0 Å². The predicted octanol–water partition coefficient (Wildman–Crippen LogP) is 1.72. The Morgan fingerprint density at radius 2 is 2.50 bits per heavy atom. The van der Waals surface area contributed by atoms with Gasteiger partial charge in [-0.2, -0.15) is 0 Å². The summed E-state index contributed by atoms with van der Waals surface area (Å²) >= 11 is 0. The summed E-state index contributed by atoms with van der Waals surface area (Å²) in [6.07, 6.45) is 3.97. The Balaban J connectivity index is 2.49. The zero-order chi connectivity index (χ0) is 7.45. The van der Waals surface area contributed by atoms with E-state index in [4.69, 9.17) is 9.47 Å². The summed E-state index contributed by atoms with van der Waals surface area (Å²) < 4.78 is 10.5. The van der Waals surface area contributed by atoms with Gasteiger partial charge in [0.05, 0.1) is 6.61 Å². The summed E-state index contributed by atoms with van der Waals surface area (Å²) in [5.41, 5.74) is -0.172. The molecule has 0 amide bonds. The van der Waals surface area contributed by atoms with Crippen molar-refractivity contribution in [2.45, 2.75) is 25.4 Å². The second kappa shape index (κ2) is 3.17. The second-order valence-electron chi connectivity index (χ2n) is 2.63. The van der Waals surface area contributed by atoms with Crippen molar-refractivity contribution in [3.63, 3.8) is 0 Å². The smallest absolute Gasteiger partial charge is 0.148 e. The van der Waals surface area contributed by atoms with E-state index < -0.39 is 0 Å². The van der Waals surface area contributed by atoms with Crippen LogP contribution in [0.15, 0.2) is 12.7 Å². The van der Waals surface area contributed by atoms with Gasteiger partial charge in [-0.05, 0) is 6.42 Å². The average Bonchev–Trinajstić information content (AvgIpc) is 2.39. The number of rotatable bonds is 3. The van der Waals surface area contributed by atoms with Gasteiger partial charge in [0.2, 0.25) is 0 Å². The van der Waals surface area contributed by atoms with Crippen molar-refractivity contribution in [3.8, 4) is 0 Å². The Kier molecular flexibility index (Phi) is 2.46. The molecule has 2 heteroatoms. The monoisotopic (exact) mass is 142 g/mol. The number of ether oxygens (including phenoxy) is 2. The van der Waals surface area contributed by atoms with Crippen LogP contribution in [0.4, 0.5) is 0 Å². The van der Waals surface area contributed by atoms with Crippen LogP contribution in [0.3, 0.4) is 0 Å². The highest BCUT2D eigenvalue weighted by atomic mass is 16.7. The van der Waals surface area contributed by atoms with Gasteiger partial charge in [0.1, 0.15) is 12.4 Å². The van der Waals surface area contributed by atoms with E-state index in [9.17, 15) is 0 Å². The van der Waals surface area contributed by atoms with E-state index >= 15 is 0 Å². The molecule has 1 heterocycles. The lowest BCUT2D eigenvalue weighted by atomic mass is 10.00. The summed E-state index contributed by atoms with van der Waals surface area (Å²) in [6.45, 7) is 6.95.